The Morgan fingerprint density at radius 1 is 1.35 bits per heavy atom. The molecule has 0 unspecified atom stereocenters. The fraction of sp³-hybridized carbons (Fsp3) is 0.667. The SMILES string of the molecule is COCCNCc1cnc(N(C)CCS(C)(=O)=O)nc1. The van der Waals surface area contributed by atoms with Gasteiger partial charge < -0.3 is 15.0 Å². The minimum atomic E-state index is -2.97. The molecule has 1 rings (SSSR count). The highest BCUT2D eigenvalue weighted by atomic mass is 32.2. The van der Waals surface area contributed by atoms with E-state index in [0.29, 0.717) is 25.6 Å². The number of aromatic nitrogens is 2. The minimum Gasteiger partial charge on any atom is -0.383 e. The molecule has 20 heavy (non-hydrogen) atoms. The van der Waals surface area contributed by atoms with Gasteiger partial charge in [0.2, 0.25) is 5.95 Å². The molecular formula is C12H22N4O3S. The van der Waals surface area contributed by atoms with Gasteiger partial charge >= 0.3 is 0 Å². The highest BCUT2D eigenvalue weighted by Gasteiger charge is 2.08. The predicted molar refractivity (Wildman–Crippen MR) is 78.6 cm³/mol. The fourth-order valence-electron chi connectivity index (χ4n) is 1.45. The molecule has 0 aliphatic heterocycles. The van der Waals surface area contributed by atoms with Gasteiger partial charge in [0, 0.05) is 58.0 Å². The second kappa shape index (κ2) is 8.13. The molecular weight excluding hydrogens is 280 g/mol. The van der Waals surface area contributed by atoms with Crippen LogP contribution in [0.1, 0.15) is 5.56 Å². The highest BCUT2D eigenvalue weighted by Crippen LogP contribution is 2.05. The van der Waals surface area contributed by atoms with E-state index in [1.165, 1.54) is 6.26 Å². The van der Waals surface area contributed by atoms with E-state index in [-0.39, 0.29) is 5.75 Å². The Morgan fingerprint density at radius 3 is 2.55 bits per heavy atom. The number of methoxy groups -OCH3 is 1. The van der Waals surface area contributed by atoms with Crippen LogP contribution in [0, 0.1) is 0 Å². The first-order valence-corrected chi connectivity index (χ1v) is 8.38. The molecule has 0 spiro atoms. The first-order valence-electron chi connectivity index (χ1n) is 6.32. The summed E-state index contributed by atoms with van der Waals surface area (Å²) < 4.78 is 27.1. The Kier molecular flexibility index (Phi) is 6.83. The summed E-state index contributed by atoms with van der Waals surface area (Å²) in [6.45, 7) is 2.49. The Morgan fingerprint density at radius 2 is 2.00 bits per heavy atom. The van der Waals surface area contributed by atoms with Crippen LogP contribution in [0.3, 0.4) is 0 Å². The van der Waals surface area contributed by atoms with Crippen molar-refractivity contribution in [2.75, 3.05) is 50.8 Å². The van der Waals surface area contributed by atoms with Gasteiger partial charge in [-0.25, -0.2) is 18.4 Å². The van der Waals surface area contributed by atoms with Crippen molar-refractivity contribution in [1.29, 1.82) is 0 Å². The summed E-state index contributed by atoms with van der Waals surface area (Å²) in [5, 5.41) is 3.20. The largest absolute Gasteiger partial charge is 0.383 e. The third-order valence-corrected chi connectivity index (χ3v) is 3.57. The van der Waals surface area contributed by atoms with Crippen LogP contribution in [0.5, 0.6) is 0 Å². The van der Waals surface area contributed by atoms with Crippen molar-refractivity contribution < 1.29 is 13.2 Å². The molecule has 1 heterocycles. The van der Waals surface area contributed by atoms with Crippen molar-refractivity contribution in [2.45, 2.75) is 6.54 Å². The van der Waals surface area contributed by atoms with E-state index in [0.717, 1.165) is 12.1 Å². The van der Waals surface area contributed by atoms with Gasteiger partial charge in [-0.15, -0.1) is 0 Å². The van der Waals surface area contributed by atoms with Crippen LogP contribution in [0.15, 0.2) is 12.4 Å². The Hall–Kier alpha value is -1.25. The van der Waals surface area contributed by atoms with Crippen LogP contribution in [0.2, 0.25) is 0 Å². The lowest BCUT2D eigenvalue weighted by molar-refractivity contribution is 0.199. The summed E-state index contributed by atoms with van der Waals surface area (Å²) in [4.78, 5) is 10.2. The number of ether oxygens (including phenoxy) is 1. The van der Waals surface area contributed by atoms with Gasteiger partial charge in [0.1, 0.15) is 9.84 Å². The fourth-order valence-corrected chi connectivity index (χ4v) is 2.05. The standard InChI is InChI=1S/C12H22N4O3S/c1-16(5-7-20(3,17)18)12-14-9-11(10-15-12)8-13-4-6-19-2/h9-10,13H,4-8H2,1-3H3. The number of hydrogen-bond donors (Lipinski definition) is 1. The smallest absolute Gasteiger partial charge is 0.225 e. The summed E-state index contributed by atoms with van der Waals surface area (Å²) >= 11 is 0. The van der Waals surface area contributed by atoms with Crippen molar-refractivity contribution in [1.82, 2.24) is 15.3 Å². The number of anilines is 1. The van der Waals surface area contributed by atoms with Gasteiger partial charge in [0.15, 0.2) is 0 Å². The van der Waals surface area contributed by atoms with Crippen molar-refractivity contribution >= 4 is 15.8 Å². The molecule has 0 bridgehead atoms. The van der Waals surface area contributed by atoms with Crippen LogP contribution in [-0.2, 0) is 21.1 Å². The molecule has 114 valence electrons. The van der Waals surface area contributed by atoms with Crippen LogP contribution >= 0.6 is 0 Å². The van der Waals surface area contributed by atoms with Gasteiger partial charge in [0.25, 0.3) is 0 Å². The number of nitrogens with zero attached hydrogens (tertiary/aromatic N) is 3. The zero-order valence-corrected chi connectivity index (χ0v) is 13.0. The lowest BCUT2D eigenvalue weighted by atomic mass is 10.3. The molecule has 0 aromatic carbocycles. The molecule has 0 radical (unpaired) electrons. The second-order valence-electron chi connectivity index (χ2n) is 4.61. The molecule has 0 aliphatic rings. The van der Waals surface area contributed by atoms with Gasteiger partial charge in [-0.2, -0.15) is 0 Å². The van der Waals surface area contributed by atoms with E-state index in [9.17, 15) is 8.42 Å². The van der Waals surface area contributed by atoms with Gasteiger partial charge in [0.05, 0.1) is 12.4 Å². The topological polar surface area (TPSA) is 84.4 Å². The first-order chi connectivity index (χ1) is 9.42. The number of hydrogen-bond acceptors (Lipinski definition) is 7. The summed E-state index contributed by atoms with van der Waals surface area (Å²) in [5.41, 5.74) is 0.973. The summed E-state index contributed by atoms with van der Waals surface area (Å²) in [5.74, 6) is 0.613. The van der Waals surface area contributed by atoms with E-state index in [1.807, 2.05) is 0 Å². The van der Waals surface area contributed by atoms with Gasteiger partial charge in [-0.1, -0.05) is 0 Å². The molecule has 8 heteroatoms. The highest BCUT2D eigenvalue weighted by molar-refractivity contribution is 7.90. The van der Waals surface area contributed by atoms with Crippen LogP contribution in [0.25, 0.3) is 0 Å². The lowest BCUT2D eigenvalue weighted by Crippen LogP contribution is -2.26. The first kappa shape index (κ1) is 16.8. The maximum Gasteiger partial charge on any atom is 0.225 e. The molecule has 0 saturated heterocycles. The summed E-state index contributed by atoms with van der Waals surface area (Å²) in [6.07, 6.45) is 4.69. The Bertz CT molecular complexity index is 490. The normalized spacial score (nSPS) is 11.6. The minimum absolute atomic E-state index is 0.0905. The quantitative estimate of drug-likeness (QED) is 0.627. The second-order valence-corrected chi connectivity index (χ2v) is 6.87. The molecule has 1 N–H and O–H groups in total. The third-order valence-electron chi connectivity index (χ3n) is 2.64. The van der Waals surface area contributed by atoms with Crippen molar-refractivity contribution in [3.63, 3.8) is 0 Å². The zero-order valence-electron chi connectivity index (χ0n) is 12.2. The molecule has 1 aromatic heterocycles. The third kappa shape index (κ3) is 6.78. The monoisotopic (exact) mass is 302 g/mol. The van der Waals surface area contributed by atoms with Crippen molar-refractivity contribution in [3.8, 4) is 0 Å². The summed E-state index contributed by atoms with van der Waals surface area (Å²) in [7, 11) is 0.462. The van der Waals surface area contributed by atoms with E-state index < -0.39 is 9.84 Å². The van der Waals surface area contributed by atoms with E-state index >= 15 is 0 Å². The van der Waals surface area contributed by atoms with Crippen molar-refractivity contribution in [3.05, 3.63) is 18.0 Å². The van der Waals surface area contributed by atoms with Crippen LogP contribution in [0.4, 0.5) is 5.95 Å². The molecule has 0 saturated carbocycles. The van der Waals surface area contributed by atoms with E-state index in [2.05, 4.69) is 15.3 Å². The van der Waals surface area contributed by atoms with Crippen LogP contribution < -0.4 is 10.2 Å². The Labute approximate surface area is 120 Å². The molecule has 7 nitrogen and oxygen atoms in total. The number of rotatable bonds is 9. The maximum atomic E-state index is 11.1. The molecule has 0 aliphatic carbocycles. The van der Waals surface area contributed by atoms with Crippen LogP contribution in [-0.4, -0.2) is 64.2 Å². The lowest BCUT2D eigenvalue weighted by Gasteiger charge is -2.16. The van der Waals surface area contributed by atoms with Gasteiger partial charge in [-0.3, -0.25) is 0 Å². The van der Waals surface area contributed by atoms with E-state index in [4.69, 9.17) is 4.74 Å². The average Bonchev–Trinajstić information content (AvgIpc) is 2.41. The predicted octanol–water partition coefficient (Wildman–Crippen LogP) is -0.307. The molecule has 0 amide bonds. The summed E-state index contributed by atoms with van der Waals surface area (Å²) in [6, 6.07) is 0. The molecule has 0 fully saturated rings. The zero-order chi connectivity index (χ0) is 15.0. The maximum absolute atomic E-state index is 11.1. The van der Waals surface area contributed by atoms with E-state index in [1.54, 1.807) is 31.5 Å². The Balaban J connectivity index is 2.44. The number of nitrogens with one attached hydrogen (secondary N) is 1. The average molecular weight is 302 g/mol. The molecule has 0 atom stereocenters. The van der Waals surface area contributed by atoms with Crippen molar-refractivity contribution in [2.24, 2.45) is 0 Å². The van der Waals surface area contributed by atoms with Gasteiger partial charge in [-0.05, 0) is 0 Å². The molecule has 1 aromatic rings. The number of sulfone groups is 1.